The zero-order valence-electron chi connectivity index (χ0n) is 13.0. The fourth-order valence-electron chi connectivity index (χ4n) is 3.29. The van der Waals surface area contributed by atoms with Gasteiger partial charge in [-0.2, -0.15) is 0 Å². The van der Waals surface area contributed by atoms with E-state index in [1.807, 2.05) is 4.90 Å². The monoisotopic (exact) mass is 303 g/mol. The largest absolute Gasteiger partial charge is 0.342 e. The number of hydrogen-bond acceptors (Lipinski definition) is 2. The van der Waals surface area contributed by atoms with Gasteiger partial charge < -0.3 is 4.90 Å². The van der Waals surface area contributed by atoms with Crippen molar-refractivity contribution in [2.45, 2.75) is 44.9 Å². The molecule has 0 spiro atoms. The normalized spacial score (nSPS) is 21.7. The molecule has 1 atom stereocenters. The van der Waals surface area contributed by atoms with Gasteiger partial charge in [0.1, 0.15) is 5.82 Å². The van der Waals surface area contributed by atoms with Crippen LogP contribution in [0.3, 0.4) is 0 Å². The summed E-state index contributed by atoms with van der Waals surface area (Å²) in [7, 11) is 0. The van der Waals surface area contributed by atoms with E-state index in [0.29, 0.717) is 18.5 Å². The molecule has 118 valence electrons. The molecule has 3 nitrogen and oxygen atoms in total. The number of piperidine rings is 1. The molecule has 2 aliphatic rings. The quantitative estimate of drug-likeness (QED) is 0.798. The number of carbonyl (C=O) groups excluding carboxylic acids is 2. The maximum absolute atomic E-state index is 14.7. The summed E-state index contributed by atoms with van der Waals surface area (Å²) >= 11 is 0. The van der Waals surface area contributed by atoms with Crippen LogP contribution in [0.5, 0.6) is 0 Å². The van der Waals surface area contributed by atoms with Crippen LogP contribution >= 0.6 is 0 Å². The van der Waals surface area contributed by atoms with Gasteiger partial charge in [-0.3, -0.25) is 9.59 Å². The van der Waals surface area contributed by atoms with Crippen LogP contribution in [0.15, 0.2) is 18.2 Å². The second kappa shape index (κ2) is 6.19. The highest BCUT2D eigenvalue weighted by Crippen LogP contribution is 2.35. The first-order chi connectivity index (χ1) is 10.6. The van der Waals surface area contributed by atoms with Crippen molar-refractivity contribution in [2.75, 3.05) is 13.1 Å². The number of benzene rings is 1. The highest BCUT2D eigenvalue weighted by molar-refractivity contribution is 5.96. The third kappa shape index (κ3) is 2.92. The summed E-state index contributed by atoms with van der Waals surface area (Å²) in [5.74, 6) is -0.121. The zero-order valence-corrected chi connectivity index (χ0v) is 13.0. The average molecular weight is 303 g/mol. The van der Waals surface area contributed by atoms with E-state index in [4.69, 9.17) is 0 Å². The average Bonchev–Trinajstić information content (AvgIpc) is 3.38. The van der Waals surface area contributed by atoms with E-state index in [0.717, 1.165) is 32.2 Å². The maximum atomic E-state index is 14.7. The Hall–Kier alpha value is -1.71. The Labute approximate surface area is 130 Å². The molecule has 1 aromatic carbocycles. The van der Waals surface area contributed by atoms with Gasteiger partial charge in [-0.15, -0.1) is 0 Å². The molecule has 1 aliphatic carbocycles. The maximum Gasteiger partial charge on any atom is 0.225 e. The van der Waals surface area contributed by atoms with Crippen LogP contribution in [0.25, 0.3) is 0 Å². The van der Waals surface area contributed by atoms with Gasteiger partial charge in [0, 0.05) is 31.3 Å². The highest BCUT2D eigenvalue weighted by atomic mass is 19.1. The number of hydrogen-bond donors (Lipinski definition) is 0. The second-order valence-electron chi connectivity index (χ2n) is 6.38. The van der Waals surface area contributed by atoms with Crippen LogP contribution in [0.2, 0.25) is 0 Å². The van der Waals surface area contributed by atoms with Gasteiger partial charge in [0.2, 0.25) is 5.91 Å². The Morgan fingerprint density at radius 1 is 1.27 bits per heavy atom. The smallest absolute Gasteiger partial charge is 0.225 e. The summed E-state index contributed by atoms with van der Waals surface area (Å²) in [5.41, 5.74) is 0.776. The van der Waals surface area contributed by atoms with Crippen molar-refractivity contribution in [3.05, 3.63) is 35.1 Å². The minimum atomic E-state index is -0.389. The van der Waals surface area contributed by atoms with E-state index >= 15 is 0 Å². The van der Waals surface area contributed by atoms with E-state index in [1.165, 1.54) is 0 Å². The Balaban J connectivity index is 1.81. The summed E-state index contributed by atoms with van der Waals surface area (Å²) in [6, 6.07) is 5.07. The van der Waals surface area contributed by atoms with Crippen molar-refractivity contribution in [3.8, 4) is 0 Å². The number of rotatable bonds is 4. The molecule has 1 amide bonds. The molecule has 1 aromatic rings. The molecule has 1 saturated heterocycles. The van der Waals surface area contributed by atoms with Gasteiger partial charge in [-0.05, 0) is 37.3 Å². The SMILES string of the molecule is CCC(=O)c1cccc(C2CCCN(C(=O)C3CC3)C2)c1F. The Morgan fingerprint density at radius 2 is 2.05 bits per heavy atom. The molecule has 1 saturated carbocycles. The molecule has 1 heterocycles. The van der Waals surface area contributed by atoms with Crippen molar-refractivity contribution < 1.29 is 14.0 Å². The van der Waals surface area contributed by atoms with Crippen molar-refractivity contribution in [1.82, 2.24) is 4.90 Å². The standard InChI is InChI=1S/C18H22FNO2/c1-2-16(21)15-7-3-6-14(17(15)19)13-5-4-10-20(11-13)18(22)12-8-9-12/h3,6-7,12-13H,2,4-5,8-11H2,1H3. The van der Waals surface area contributed by atoms with Crippen molar-refractivity contribution >= 4 is 11.7 Å². The number of likely N-dealkylation sites (tertiary alicyclic amines) is 1. The Morgan fingerprint density at radius 3 is 2.73 bits per heavy atom. The molecular weight excluding hydrogens is 281 g/mol. The molecule has 2 fully saturated rings. The van der Waals surface area contributed by atoms with Crippen LogP contribution in [0, 0.1) is 11.7 Å². The first-order valence-electron chi connectivity index (χ1n) is 8.22. The number of amides is 1. The van der Waals surface area contributed by atoms with E-state index in [9.17, 15) is 14.0 Å². The minimum Gasteiger partial charge on any atom is -0.342 e. The number of Topliss-reactive ketones (excluding diaryl/α,β-unsaturated/α-hetero) is 1. The molecule has 0 N–H and O–H groups in total. The summed E-state index contributed by atoms with van der Waals surface area (Å²) in [4.78, 5) is 25.9. The number of ketones is 1. The number of nitrogens with zero attached hydrogens (tertiary/aromatic N) is 1. The zero-order chi connectivity index (χ0) is 15.7. The van der Waals surface area contributed by atoms with Gasteiger partial charge >= 0.3 is 0 Å². The van der Waals surface area contributed by atoms with E-state index in [-0.39, 0.29) is 34.9 Å². The molecular formula is C18H22FNO2. The predicted octanol–water partition coefficient (Wildman–Crippen LogP) is 3.53. The summed E-state index contributed by atoms with van der Waals surface area (Å²) in [6.45, 7) is 3.10. The van der Waals surface area contributed by atoms with Crippen LogP contribution in [0.4, 0.5) is 4.39 Å². The van der Waals surface area contributed by atoms with Gasteiger partial charge in [0.05, 0.1) is 5.56 Å². The highest BCUT2D eigenvalue weighted by Gasteiger charge is 2.36. The topological polar surface area (TPSA) is 37.4 Å². The van der Waals surface area contributed by atoms with E-state index in [1.54, 1.807) is 25.1 Å². The lowest BCUT2D eigenvalue weighted by molar-refractivity contribution is -0.133. The molecule has 0 aromatic heterocycles. The first kappa shape index (κ1) is 15.2. The summed E-state index contributed by atoms with van der Waals surface area (Å²) in [5, 5.41) is 0. The van der Waals surface area contributed by atoms with Crippen LogP contribution < -0.4 is 0 Å². The number of carbonyl (C=O) groups is 2. The third-order valence-corrected chi connectivity index (χ3v) is 4.75. The Kier molecular flexibility index (Phi) is 4.27. The lowest BCUT2D eigenvalue weighted by Crippen LogP contribution is -2.40. The summed E-state index contributed by atoms with van der Waals surface area (Å²) < 4.78 is 14.7. The lowest BCUT2D eigenvalue weighted by atomic mass is 9.88. The lowest BCUT2D eigenvalue weighted by Gasteiger charge is -2.33. The van der Waals surface area contributed by atoms with Gasteiger partial charge in [-0.25, -0.2) is 4.39 Å². The molecule has 1 aliphatic heterocycles. The van der Waals surface area contributed by atoms with Gasteiger partial charge in [0.25, 0.3) is 0 Å². The second-order valence-corrected chi connectivity index (χ2v) is 6.38. The fraction of sp³-hybridized carbons (Fsp3) is 0.556. The summed E-state index contributed by atoms with van der Waals surface area (Å²) in [6.07, 6.45) is 4.06. The van der Waals surface area contributed by atoms with Crippen molar-refractivity contribution in [3.63, 3.8) is 0 Å². The van der Waals surface area contributed by atoms with Crippen molar-refractivity contribution in [2.24, 2.45) is 5.92 Å². The van der Waals surface area contributed by atoms with Crippen LogP contribution in [-0.4, -0.2) is 29.7 Å². The molecule has 1 unspecified atom stereocenters. The van der Waals surface area contributed by atoms with Crippen LogP contribution in [-0.2, 0) is 4.79 Å². The van der Waals surface area contributed by atoms with Crippen molar-refractivity contribution in [1.29, 1.82) is 0 Å². The fourth-order valence-corrected chi connectivity index (χ4v) is 3.29. The predicted molar refractivity (Wildman–Crippen MR) is 82.3 cm³/mol. The molecule has 0 radical (unpaired) electrons. The Bertz CT molecular complexity index is 595. The first-order valence-corrected chi connectivity index (χ1v) is 8.22. The van der Waals surface area contributed by atoms with Crippen LogP contribution in [0.1, 0.15) is 60.9 Å². The minimum absolute atomic E-state index is 0.000978. The molecule has 0 bridgehead atoms. The molecule has 4 heteroatoms. The number of halogens is 1. The van der Waals surface area contributed by atoms with Gasteiger partial charge in [0.15, 0.2) is 5.78 Å². The molecule has 3 rings (SSSR count). The third-order valence-electron chi connectivity index (χ3n) is 4.75. The van der Waals surface area contributed by atoms with Gasteiger partial charge in [-0.1, -0.05) is 19.1 Å². The molecule has 22 heavy (non-hydrogen) atoms. The van der Waals surface area contributed by atoms with E-state index < -0.39 is 0 Å². The van der Waals surface area contributed by atoms with E-state index in [2.05, 4.69) is 0 Å².